The Labute approximate surface area is 160 Å². The molecule has 1 aliphatic heterocycles. The lowest BCUT2D eigenvalue weighted by Gasteiger charge is -2.30. The van der Waals surface area contributed by atoms with E-state index in [9.17, 15) is 9.59 Å². The lowest BCUT2D eigenvalue weighted by molar-refractivity contribution is -0.127. The minimum absolute atomic E-state index is 0.00539. The highest BCUT2D eigenvalue weighted by atomic mass is 16.5. The monoisotopic (exact) mass is 363 g/mol. The summed E-state index contributed by atoms with van der Waals surface area (Å²) >= 11 is 0. The van der Waals surface area contributed by atoms with Crippen LogP contribution in [0.15, 0.2) is 60.7 Å². The Bertz CT molecular complexity index is 788. The van der Waals surface area contributed by atoms with Crippen molar-refractivity contribution in [2.45, 2.75) is 19.8 Å². The van der Waals surface area contributed by atoms with Crippen molar-refractivity contribution in [3.8, 4) is 5.75 Å². The van der Waals surface area contributed by atoms with Gasteiger partial charge < -0.3 is 9.64 Å². The molecule has 4 nitrogen and oxygen atoms in total. The fraction of sp³-hybridized carbons (Fsp3) is 0.304. The first-order chi connectivity index (χ1) is 13.2. The minimum atomic E-state index is -0.0231. The molecule has 0 spiro atoms. The summed E-state index contributed by atoms with van der Waals surface area (Å²) in [6.07, 6.45) is 4.86. The summed E-state index contributed by atoms with van der Waals surface area (Å²) in [4.78, 5) is 26.9. The number of amides is 1. The smallest absolute Gasteiger partial charge is 0.246 e. The normalized spacial score (nSPS) is 15.1. The molecule has 0 bridgehead atoms. The average Bonchev–Trinajstić information content (AvgIpc) is 2.73. The van der Waals surface area contributed by atoms with Gasteiger partial charge in [0.2, 0.25) is 5.91 Å². The number of rotatable bonds is 6. The van der Waals surface area contributed by atoms with Crippen LogP contribution < -0.4 is 4.74 Å². The van der Waals surface area contributed by atoms with E-state index in [1.165, 1.54) is 0 Å². The molecule has 4 heteroatoms. The van der Waals surface area contributed by atoms with E-state index < -0.39 is 0 Å². The highest BCUT2D eigenvalue weighted by molar-refractivity contribution is 5.98. The van der Waals surface area contributed by atoms with Crippen molar-refractivity contribution in [3.63, 3.8) is 0 Å². The molecule has 3 rings (SSSR count). The average molecular weight is 363 g/mol. The van der Waals surface area contributed by atoms with Gasteiger partial charge in [0.25, 0.3) is 0 Å². The zero-order chi connectivity index (χ0) is 19.1. The molecule has 0 unspecified atom stereocenters. The SMILES string of the molecule is CCOc1ccc(C(=O)C2CCN(C(=O)C=Cc3ccccc3)CC2)cc1. The highest BCUT2D eigenvalue weighted by Crippen LogP contribution is 2.23. The van der Waals surface area contributed by atoms with Gasteiger partial charge in [0.15, 0.2) is 5.78 Å². The number of piperidine rings is 1. The Hall–Kier alpha value is -2.88. The van der Waals surface area contributed by atoms with Gasteiger partial charge in [-0.15, -0.1) is 0 Å². The number of Topliss-reactive ketones (excluding diaryl/α,β-unsaturated/α-hetero) is 1. The summed E-state index contributed by atoms with van der Waals surface area (Å²) in [7, 11) is 0. The fourth-order valence-corrected chi connectivity index (χ4v) is 3.32. The predicted octanol–water partition coefficient (Wildman–Crippen LogP) is 4.22. The van der Waals surface area contributed by atoms with E-state index >= 15 is 0 Å². The van der Waals surface area contributed by atoms with E-state index in [-0.39, 0.29) is 17.6 Å². The van der Waals surface area contributed by atoms with Gasteiger partial charge in [-0.05, 0) is 55.7 Å². The van der Waals surface area contributed by atoms with Crippen LogP contribution in [-0.2, 0) is 4.79 Å². The number of hydrogen-bond donors (Lipinski definition) is 0. The van der Waals surface area contributed by atoms with Crippen molar-refractivity contribution in [3.05, 3.63) is 71.8 Å². The minimum Gasteiger partial charge on any atom is -0.494 e. The number of carbonyl (C=O) groups excluding carboxylic acids is 2. The van der Waals surface area contributed by atoms with Crippen LogP contribution in [0.2, 0.25) is 0 Å². The molecule has 27 heavy (non-hydrogen) atoms. The Kier molecular flexibility index (Phi) is 6.42. The molecule has 1 amide bonds. The molecule has 140 valence electrons. The zero-order valence-electron chi connectivity index (χ0n) is 15.6. The van der Waals surface area contributed by atoms with Gasteiger partial charge in [-0.1, -0.05) is 30.3 Å². The second-order valence-electron chi connectivity index (χ2n) is 6.67. The van der Waals surface area contributed by atoms with Crippen LogP contribution in [0.1, 0.15) is 35.7 Å². The second-order valence-corrected chi connectivity index (χ2v) is 6.67. The van der Waals surface area contributed by atoms with Gasteiger partial charge in [-0.2, -0.15) is 0 Å². The van der Waals surface area contributed by atoms with Crippen molar-refractivity contribution >= 4 is 17.8 Å². The third-order valence-electron chi connectivity index (χ3n) is 4.85. The maximum atomic E-state index is 12.7. The van der Waals surface area contributed by atoms with Crippen molar-refractivity contribution < 1.29 is 14.3 Å². The van der Waals surface area contributed by atoms with Crippen LogP contribution in [0.5, 0.6) is 5.75 Å². The number of benzene rings is 2. The van der Waals surface area contributed by atoms with Crippen molar-refractivity contribution in [2.24, 2.45) is 5.92 Å². The van der Waals surface area contributed by atoms with E-state index in [0.29, 0.717) is 38.1 Å². The molecule has 0 atom stereocenters. The van der Waals surface area contributed by atoms with Gasteiger partial charge in [0, 0.05) is 30.6 Å². The van der Waals surface area contributed by atoms with Crippen LogP contribution in [0, 0.1) is 5.92 Å². The Morgan fingerprint density at radius 3 is 2.33 bits per heavy atom. The predicted molar refractivity (Wildman–Crippen MR) is 107 cm³/mol. The van der Waals surface area contributed by atoms with E-state index in [2.05, 4.69) is 0 Å². The van der Waals surface area contributed by atoms with Gasteiger partial charge in [-0.25, -0.2) is 0 Å². The first kappa shape index (κ1) is 18.9. The Balaban J connectivity index is 1.52. The largest absolute Gasteiger partial charge is 0.494 e. The van der Waals surface area contributed by atoms with E-state index in [0.717, 1.165) is 11.3 Å². The van der Waals surface area contributed by atoms with E-state index in [1.54, 1.807) is 6.08 Å². The fourth-order valence-electron chi connectivity index (χ4n) is 3.32. The summed E-state index contributed by atoms with van der Waals surface area (Å²) in [5.41, 5.74) is 1.72. The number of ketones is 1. The third-order valence-corrected chi connectivity index (χ3v) is 4.85. The van der Waals surface area contributed by atoms with Crippen molar-refractivity contribution in [2.75, 3.05) is 19.7 Å². The number of hydrogen-bond acceptors (Lipinski definition) is 3. The van der Waals surface area contributed by atoms with Gasteiger partial charge >= 0.3 is 0 Å². The first-order valence-electron chi connectivity index (χ1n) is 9.46. The Morgan fingerprint density at radius 2 is 1.70 bits per heavy atom. The van der Waals surface area contributed by atoms with Gasteiger partial charge in [0.05, 0.1) is 6.61 Å². The lowest BCUT2D eigenvalue weighted by atomic mass is 9.89. The molecule has 1 aliphatic rings. The number of carbonyl (C=O) groups is 2. The maximum Gasteiger partial charge on any atom is 0.246 e. The topological polar surface area (TPSA) is 46.6 Å². The summed E-state index contributed by atoms with van der Waals surface area (Å²) in [5, 5.41) is 0. The quantitative estimate of drug-likeness (QED) is 0.570. The number of nitrogens with zero attached hydrogens (tertiary/aromatic N) is 1. The Morgan fingerprint density at radius 1 is 1.04 bits per heavy atom. The van der Waals surface area contributed by atoms with Crippen LogP contribution in [0.3, 0.4) is 0 Å². The molecule has 1 heterocycles. The molecule has 1 saturated heterocycles. The van der Waals surface area contributed by atoms with E-state index in [1.807, 2.05) is 72.5 Å². The first-order valence-corrected chi connectivity index (χ1v) is 9.46. The van der Waals surface area contributed by atoms with E-state index in [4.69, 9.17) is 4.74 Å². The van der Waals surface area contributed by atoms with Crippen molar-refractivity contribution in [1.82, 2.24) is 4.90 Å². The van der Waals surface area contributed by atoms with Crippen molar-refractivity contribution in [1.29, 1.82) is 0 Å². The van der Waals surface area contributed by atoms with Gasteiger partial charge in [0.1, 0.15) is 5.75 Å². The number of ether oxygens (including phenoxy) is 1. The highest BCUT2D eigenvalue weighted by Gasteiger charge is 2.27. The zero-order valence-corrected chi connectivity index (χ0v) is 15.6. The van der Waals surface area contributed by atoms with Crippen LogP contribution in [0.4, 0.5) is 0 Å². The molecular formula is C23H25NO3. The summed E-state index contributed by atoms with van der Waals surface area (Å²) in [5.74, 6) is 0.917. The molecule has 0 aliphatic carbocycles. The van der Waals surface area contributed by atoms with Gasteiger partial charge in [-0.3, -0.25) is 9.59 Å². The summed E-state index contributed by atoms with van der Waals surface area (Å²) < 4.78 is 5.42. The molecule has 0 N–H and O–H groups in total. The van der Waals surface area contributed by atoms with Crippen LogP contribution >= 0.6 is 0 Å². The van der Waals surface area contributed by atoms with Crippen LogP contribution in [-0.4, -0.2) is 36.3 Å². The second kappa shape index (κ2) is 9.17. The third kappa shape index (κ3) is 5.07. The molecule has 2 aromatic carbocycles. The molecule has 1 fully saturated rings. The standard InChI is InChI=1S/C23H25NO3/c1-2-27-21-11-9-19(10-12-21)23(26)20-14-16-24(17-15-20)22(25)13-8-18-6-4-3-5-7-18/h3-13,20H,2,14-17H2,1H3. The molecule has 2 aromatic rings. The molecular weight excluding hydrogens is 338 g/mol. The molecule has 0 radical (unpaired) electrons. The molecule has 0 saturated carbocycles. The summed E-state index contributed by atoms with van der Waals surface area (Å²) in [6.45, 7) is 3.78. The maximum absolute atomic E-state index is 12.7. The molecule has 0 aromatic heterocycles. The number of likely N-dealkylation sites (tertiary alicyclic amines) is 1. The summed E-state index contributed by atoms with van der Waals surface area (Å²) in [6, 6.07) is 17.1. The lowest BCUT2D eigenvalue weighted by Crippen LogP contribution is -2.39. The van der Waals surface area contributed by atoms with Crippen LogP contribution in [0.25, 0.3) is 6.08 Å².